The third-order valence-electron chi connectivity index (χ3n) is 5.00. The van der Waals surface area contributed by atoms with E-state index in [2.05, 4.69) is 40.3 Å². The maximum atomic E-state index is 5.37. The van der Waals surface area contributed by atoms with Crippen LogP contribution in [0.3, 0.4) is 0 Å². The van der Waals surface area contributed by atoms with Crippen molar-refractivity contribution in [2.75, 3.05) is 47.8 Å². The van der Waals surface area contributed by atoms with Gasteiger partial charge in [-0.1, -0.05) is 13.8 Å². The molecule has 7 heteroatoms. The molecule has 3 heterocycles. The zero-order valence-corrected chi connectivity index (χ0v) is 16.2. The first-order valence-electron chi connectivity index (χ1n) is 9.59. The first-order chi connectivity index (χ1) is 12.2. The molecule has 0 spiro atoms. The first-order valence-corrected chi connectivity index (χ1v) is 10.0. The Morgan fingerprint density at radius 3 is 2.32 bits per heavy atom. The molecule has 0 atom stereocenters. The molecule has 6 nitrogen and oxygen atoms in total. The van der Waals surface area contributed by atoms with Crippen molar-refractivity contribution in [3.8, 4) is 0 Å². The fourth-order valence-electron chi connectivity index (χ4n) is 3.37. The molecule has 0 amide bonds. The van der Waals surface area contributed by atoms with Crippen LogP contribution < -0.4 is 20.4 Å². The standard InChI is InChI=1S/C18H30N6S/c1-3-8-19-18(25)22-17-20-15(23-9-4-5-10-23)13-16(21-17)24-11-6-14(2)7-12-24/h13-14H,3-12H2,1-2H3,(H2,19,20,21,22,25). The van der Waals surface area contributed by atoms with E-state index in [0.717, 1.165) is 56.7 Å². The molecule has 0 bridgehead atoms. The maximum Gasteiger partial charge on any atom is 0.232 e. The number of thiocarbonyl (C=S) groups is 1. The van der Waals surface area contributed by atoms with Crippen LogP contribution >= 0.6 is 12.2 Å². The van der Waals surface area contributed by atoms with Crippen LogP contribution in [0.1, 0.15) is 46.0 Å². The van der Waals surface area contributed by atoms with Crippen molar-refractivity contribution in [3.05, 3.63) is 6.07 Å². The Balaban J connectivity index is 1.79. The van der Waals surface area contributed by atoms with E-state index in [9.17, 15) is 0 Å². The highest BCUT2D eigenvalue weighted by Crippen LogP contribution is 2.27. The van der Waals surface area contributed by atoms with Gasteiger partial charge in [0.1, 0.15) is 11.6 Å². The second kappa shape index (κ2) is 8.65. The van der Waals surface area contributed by atoms with Gasteiger partial charge in [0, 0.05) is 38.8 Å². The Labute approximate surface area is 156 Å². The molecule has 2 aliphatic rings. The van der Waals surface area contributed by atoms with Crippen molar-refractivity contribution in [1.29, 1.82) is 0 Å². The highest BCUT2D eigenvalue weighted by molar-refractivity contribution is 7.80. The van der Waals surface area contributed by atoms with Crippen LogP contribution in [0, 0.1) is 5.92 Å². The van der Waals surface area contributed by atoms with E-state index in [1.807, 2.05) is 0 Å². The number of rotatable bonds is 5. The second-order valence-corrected chi connectivity index (χ2v) is 7.56. The predicted octanol–water partition coefficient (Wildman–Crippen LogP) is 3.01. The average Bonchev–Trinajstić information content (AvgIpc) is 3.15. The molecule has 0 radical (unpaired) electrons. The van der Waals surface area contributed by atoms with E-state index in [4.69, 9.17) is 22.2 Å². The number of hydrogen-bond acceptors (Lipinski definition) is 5. The Kier molecular flexibility index (Phi) is 6.29. The second-order valence-electron chi connectivity index (χ2n) is 7.15. The fourth-order valence-corrected chi connectivity index (χ4v) is 3.56. The van der Waals surface area contributed by atoms with E-state index in [1.54, 1.807) is 0 Å². The Morgan fingerprint density at radius 2 is 1.72 bits per heavy atom. The average molecular weight is 363 g/mol. The van der Waals surface area contributed by atoms with Crippen molar-refractivity contribution in [2.45, 2.75) is 46.0 Å². The molecule has 0 unspecified atom stereocenters. The minimum absolute atomic E-state index is 0.596. The van der Waals surface area contributed by atoms with Gasteiger partial charge in [-0.05, 0) is 50.2 Å². The van der Waals surface area contributed by atoms with Crippen LogP contribution in [-0.2, 0) is 0 Å². The molecule has 0 aliphatic carbocycles. The molecule has 2 N–H and O–H groups in total. The Bertz CT molecular complexity index is 579. The molecule has 3 rings (SSSR count). The number of nitrogens with one attached hydrogen (secondary N) is 2. The molecule has 1 aromatic heterocycles. The maximum absolute atomic E-state index is 5.37. The van der Waals surface area contributed by atoms with E-state index in [-0.39, 0.29) is 0 Å². The molecular formula is C18H30N6S. The number of aromatic nitrogens is 2. The fraction of sp³-hybridized carbons (Fsp3) is 0.722. The summed E-state index contributed by atoms with van der Waals surface area (Å²) in [6, 6.07) is 2.15. The van der Waals surface area contributed by atoms with Crippen molar-refractivity contribution in [3.63, 3.8) is 0 Å². The van der Waals surface area contributed by atoms with Gasteiger partial charge in [-0.3, -0.25) is 0 Å². The molecular weight excluding hydrogens is 332 g/mol. The Morgan fingerprint density at radius 1 is 1.12 bits per heavy atom. The van der Waals surface area contributed by atoms with Gasteiger partial charge in [0.25, 0.3) is 0 Å². The van der Waals surface area contributed by atoms with E-state index in [0.29, 0.717) is 11.1 Å². The van der Waals surface area contributed by atoms with Crippen LogP contribution in [0.25, 0.3) is 0 Å². The molecule has 2 saturated heterocycles. The lowest BCUT2D eigenvalue weighted by Gasteiger charge is -2.32. The molecule has 1 aromatic rings. The summed E-state index contributed by atoms with van der Waals surface area (Å²) in [7, 11) is 0. The molecule has 0 saturated carbocycles. The van der Waals surface area contributed by atoms with E-state index < -0.39 is 0 Å². The zero-order chi connectivity index (χ0) is 17.6. The summed E-state index contributed by atoms with van der Waals surface area (Å²) >= 11 is 5.37. The summed E-state index contributed by atoms with van der Waals surface area (Å²) in [5.74, 6) is 3.44. The predicted molar refractivity (Wildman–Crippen MR) is 109 cm³/mol. The lowest BCUT2D eigenvalue weighted by Crippen LogP contribution is -2.34. The summed E-state index contributed by atoms with van der Waals surface area (Å²) in [6.45, 7) is 9.59. The normalized spacial score (nSPS) is 18.5. The number of piperidine rings is 1. The van der Waals surface area contributed by atoms with Crippen LogP contribution in [-0.4, -0.2) is 47.8 Å². The lowest BCUT2D eigenvalue weighted by molar-refractivity contribution is 0.436. The smallest absolute Gasteiger partial charge is 0.232 e. The summed E-state index contributed by atoms with van der Waals surface area (Å²) < 4.78 is 0. The third kappa shape index (κ3) is 4.93. The summed E-state index contributed by atoms with van der Waals surface area (Å²) in [6.07, 6.45) is 5.96. The minimum Gasteiger partial charge on any atom is -0.362 e. The van der Waals surface area contributed by atoms with Crippen molar-refractivity contribution in [1.82, 2.24) is 15.3 Å². The molecule has 25 heavy (non-hydrogen) atoms. The van der Waals surface area contributed by atoms with Crippen LogP contribution in [0.5, 0.6) is 0 Å². The SMILES string of the molecule is CCCNC(=S)Nc1nc(N2CCCC2)cc(N2CCC(C)CC2)n1. The van der Waals surface area contributed by atoms with Gasteiger partial charge in [-0.15, -0.1) is 0 Å². The van der Waals surface area contributed by atoms with Crippen molar-refractivity contribution < 1.29 is 0 Å². The van der Waals surface area contributed by atoms with Gasteiger partial charge in [-0.25, -0.2) is 0 Å². The van der Waals surface area contributed by atoms with Crippen LogP contribution in [0.4, 0.5) is 17.6 Å². The molecule has 0 aromatic carbocycles. The summed E-state index contributed by atoms with van der Waals surface area (Å²) in [5.41, 5.74) is 0. The number of nitrogens with zero attached hydrogens (tertiary/aromatic N) is 4. The highest BCUT2D eigenvalue weighted by atomic mass is 32.1. The van der Waals surface area contributed by atoms with E-state index in [1.165, 1.54) is 25.7 Å². The van der Waals surface area contributed by atoms with Gasteiger partial charge < -0.3 is 20.4 Å². The summed E-state index contributed by atoms with van der Waals surface area (Å²) in [5, 5.41) is 6.96. The quantitative estimate of drug-likeness (QED) is 0.781. The molecule has 138 valence electrons. The van der Waals surface area contributed by atoms with Gasteiger partial charge in [-0.2, -0.15) is 9.97 Å². The lowest BCUT2D eigenvalue weighted by atomic mass is 9.99. The van der Waals surface area contributed by atoms with Gasteiger partial charge in [0.05, 0.1) is 0 Å². The van der Waals surface area contributed by atoms with Gasteiger partial charge in [0.2, 0.25) is 5.95 Å². The number of anilines is 3. The first kappa shape index (κ1) is 18.2. The van der Waals surface area contributed by atoms with Crippen LogP contribution in [0.15, 0.2) is 6.07 Å². The van der Waals surface area contributed by atoms with Crippen molar-refractivity contribution in [2.24, 2.45) is 5.92 Å². The van der Waals surface area contributed by atoms with Gasteiger partial charge in [0.15, 0.2) is 5.11 Å². The van der Waals surface area contributed by atoms with Crippen LogP contribution in [0.2, 0.25) is 0 Å². The topological polar surface area (TPSA) is 56.3 Å². The summed E-state index contributed by atoms with van der Waals surface area (Å²) in [4.78, 5) is 14.2. The van der Waals surface area contributed by atoms with E-state index >= 15 is 0 Å². The monoisotopic (exact) mass is 362 g/mol. The van der Waals surface area contributed by atoms with Gasteiger partial charge >= 0.3 is 0 Å². The molecule has 2 fully saturated rings. The van der Waals surface area contributed by atoms with Crippen molar-refractivity contribution >= 4 is 34.9 Å². The largest absolute Gasteiger partial charge is 0.362 e. The number of hydrogen-bond donors (Lipinski definition) is 2. The third-order valence-corrected chi connectivity index (χ3v) is 5.24. The zero-order valence-electron chi connectivity index (χ0n) is 15.4. The Hall–Kier alpha value is -1.63. The highest BCUT2D eigenvalue weighted by Gasteiger charge is 2.21. The molecule has 2 aliphatic heterocycles. The minimum atomic E-state index is 0.596.